The molecule has 0 bridgehead atoms. The number of benzene rings is 2. The van der Waals surface area contributed by atoms with Crippen LogP contribution < -0.4 is 11.1 Å². The number of aryl methyl sites for hydroxylation is 1. The van der Waals surface area contributed by atoms with E-state index in [-0.39, 0.29) is 11.1 Å². The Bertz CT molecular complexity index is 1520. The summed E-state index contributed by atoms with van der Waals surface area (Å²) in [5.41, 5.74) is 3.07. The van der Waals surface area contributed by atoms with Crippen LogP contribution >= 0.6 is 23.1 Å². The largest absolute Gasteiger partial charge is 0.283 e. The van der Waals surface area contributed by atoms with Gasteiger partial charge in [-0.25, -0.2) is 9.97 Å². The van der Waals surface area contributed by atoms with Gasteiger partial charge in [-0.3, -0.25) is 18.6 Å². The molecular weight excluding hydrogens is 428 g/mol. The minimum atomic E-state index is -0.0903. The number of thioether (sulfide) groups is 1. The Labute approximate surface area is 185 Å². The summed E-state index contributed by atoms with van der Waals surface area (Å²) in [7, 11) is 0. The average Bonchev–Trinajstić information content (AvgIpc) is 3.16. The molecule has 5 aromatic rings. The minimum Gasteiger partial charge on any atom is -0.283 e. The quantitative estimate of drug-likeness (QED) is 0.300. The Morgan fingerprint density at radius 2 is 1.77 bits per heavy atom. The third-order valence-electron chi connectivity index (χ3n) is 4.99. The van der Waals surface area contributed by atoms with Gasteiger partial charge < -0.3 is 0 Å². The predicted molar refractivity (Wildman–Crippen MR) is 125 cm³/mol. The predicted octanol–water partition coefficient (Wildman–Crippen LogP) is 4.11. The first-order valence-electron chi connectivity index (χ1n) is 9.73. The number of para-hydroxylation sites is 1. The molecule has 0 radical (unpaired) electrons. The first-order chi connectivity index (χ1) is 15.1. The molecule has 0 atom stereocenters. The van der Waals surface area contributed by atoms with Gasteiger partial charge in [0.2, 0.25) is 0 Å². The highest BCUT2D eigenvalue weighted by Crippen LogP contribution is 2.23. The number of hydrogen-bond donors (Lipinski definition) is 0. The summed E-state index contributed by atoms with van der Waals surface area (Å²) < 4.78 is 3.31. The molecule has 0 spiro atoms. The summed E-state index contributed by atoms with van der Waals surface area (Å²) in [6.07, 6.45) is 0. The van der Waals surface area contributed by atoms with Crippen LogP contribution in [-0.2, 0) is 12.3 Å². The van der Waals surface area contributed by atoms with E-state index in [4.69, 9.17) is 4.98 Å². The second-order valence-corrected chi connectivity index (χ2v) is 8.94. The topological polar surface area (TPSA) is 69.3 Å². The average molecular weight is 447 g/mol. The van der Waals surface area contributed by atoms with Crippen molar-refractivity contribution in [3.63, 3.8) is 0 Å². The van der Waals surface area contributed by atoms with Crippen LogP contribution in [0.4, 0.5) is 0 Å². The van der Waals surface area contributed by atoms with Crippen LogP contribution in [0.25, 0.3) is 15.9 Å². The molecule has 3 heterocycles. The molecule has 0 saturated carbocycles. The Morgan fingerprint density at radius 3 is 2.61 bits per heavy atom. The molecule has 0 aliphatic rings. The van der Waals surface area contributed by atoms with Crippen molar-refractivity contribution < 1.29 is 0 Å². The van der Waals surface area contributed by atoms with Crippen molar-refractivity contribution in [3.05, 3.63) is 104 Å². The molecule has 6 nitrogen and oxygen atoms in total. The summed E-state index contributed by atoms with van der Waals surface area (Å²) in [6.45, 7) is 2.32. The van der Waals surface area contributed by atoms with Crippen molar-refractivity contribution in [1.29, 1.82) is 0 Å². The van der Waals surface area contributed by atoms with Gasteiger partial charge in [0.15, 0.2) is 10.1 Å². The second-order valence-electron chi connectivity index (χ2n) is 7.16. The lowest BCUT2D eigenvalue weighted by Gasteiger charge is -2.13. The molecule has 0 N–H and O–H groups in total. The lowest BCUT2D eigenvalue weighted by molar-refractivity contribution is 0.658. The lowest BCUT2D eigenvalue weighted by atomic mass is 10.2. The number of fused-ring (bicyclic) bond motifs is 2. The van der Waals surface area contributed by atoms with E-state index >= 15 is 0 Å². The van der Waals surface area contributed by atoms with Crippen molar-refractivity contribution in [3.8, 4) is 0 Å². The van der Waals surface area contributed by atoms with E-state index in [1.165, 1.54) is 23.1 Å². The molecule has 0 aliphatic carbocycles. The molecule has 5 rings (SSSR count). The van der Waals surface area contributed by atoms with Crippen LogP contribution in [0.5, 0.6) is 0 Å². The number of thiazole rings is 1. The van der Waals surface area contributed by atoms with E-state index < -0.39 is 0 Å². The molecule has 31 heavy (non-hydrogen) atoms. The molecule has 154 valence electrons. The fourth-order valence-electron chi connectivity index (χ4n) is 3.48. The molecule has 0 amide bonds. The Kier molecular flexibility index (Phi) is 5.17. The molecule has 8 heteroatoms. The van der Waals surface area contributed by atoms with Gasteiger partial charge in [-0.2, -0.15) is 0 Å². The normalized spacial score (nSPS) is 11.4. The third kappa shape index (κ3) is 3.80. The lowest BCUT2D eigenvalue weighted by Crippen LogP contribution is -2.24. The zero-order valence-electron chi connectivity index (χ0n) is 16.7. The van der Waals surface area contributed by atoms with Gasteiger partial charge in [0.05, 0.1) is 23.1 Å². The zero-order chi connectivity index (χ0) is 21.4. The van der Waals surface area contributed by atoms with E-state index in [0.717, 1.165) is 11.3 Å². The monoisotopic (exact) mass is 446 g/mol. The maximum atomic E-state index is 13.2. The highest BCUT2D eigenvalue weighted by Gasteiger charge is 2.14. The van der Waals surface area contributed by atoms with Crippen molar-refractivity contribution in [1.82, 2.24) is 18.9 Å². The first-order valence-corrected chi connectivity index (χ1v) is 11.6. The SMILES string of the molecule is Cc1csc2nc(CSc3nc4ccccc4c(=O)n3Cc3ccccc3)cc(=O)n12. The number of aromatic nitrogens is 4. The molecular formula is C23H18N4O2S2. The highest BCUT2D eigenvalue weighted by atomic mass is 32.2. The molecule has 0 aliphatic heterocycles. The fourth-order valence-corrected chi connectivity index (χ4v) is 5.26. The van der Waals surface area contributed by atoms with Crippen molar-refractivity contribution in [2.75, 3.05) is 0 Å². The molecule has 0 unspecified atom stereocenters. The zero-order valence-corrected chi connectivity index (χ0v) is 18.3. The van der Waals surface area contributed by atoms with E-state index in [2.05, 4.69) is 4.98 Å². The van der Waals surface area contributed by atoms with E-state index in [9.17, 15) is 9.59 Å². The van der Waals surface area contributed by atoms with Crippen LogP contribution in [0.1, 0.15) is 17.0 Å². The maximum absolute atomic E-state index is 13.2. The number of hydrogen-bond acceptors (Lipinski definition) is 6. The fraction of sp³-hybridized carbons (Fsp3) is 0.130. The van der Waals surface area contributed by atoms with E-state index in [0.29, 0.717) is 39.0 Å². The number of nitrogens with zero attached hydrogens (tertiary/aromatic N) is 4. The van der Waals surface area contributed by atoms with Gasteiger partial charge in [0.25, 0.3) is 11.1 Å². The molecule has 0 fully saturated rings. The molecule has 0 saturated heterocycles. The highest BCUT2D eigenvalue weighted by molar-refractivity contribution is 7.98. The summed E-state index contributed by atoms with van der Waals surface area (Å²) in [4.78, 5) is 35.8. The third-order valence-corrected chi connectivity index (χ3v) is 6.94. The van der Waals surface area contributed by atoms with E-state index in [1.807, 2.05) is 60.8 Å². The molecule has 3 aromatic heterocycles. The summed E-state index contributed by atoms with van der Waals surface area (Å²) >= 11 is 2.86. The van der Waals surface area contributed by atoms with Gasteiger partial charge in [-0.1, -0.05) is 54.2 Å². The van der Waals surface area contributed by atoms with Crippen LogP contribution in [0, 0.1) is 6.92 Å². The first kappa shape index (κ1) is 19.7. The van der Waals surface area contributed by atoms with Crippen LogP contribution in [-0.4, -0.2) is 18.9 Å². The van der Waals surface area contributed by atoms with Crippen LogP contribution in [0.15, 0.2) is 80.8 Å². The van der Waals surface area contributed by atoms with E-state index in [1.54, 1.807) is 21.1 Å². The summed E-state index contributed by atoms with van der Waals surface area (Å²) in [5, 5.41) is 3.12. The van der Waals surface area contributed by atoms with Crippen molar-refractivity contribution in [2.24, 2.45) is 0 Å². The number of rotatable bonds is 5. The maximum Gasteiger partial charge on any atom is 0.262 e. The standard InChI is InChI=1S/C23H18N4O2S2/c1-15-13-30-23-24-17(11-20(28)27(15)23)14-31-22-25-19-10-6-5-9-18(19)21(29)26(22)12-16-7-3-2-4-8-16/h2-11,13H,12,14H2,1H3. The van der Waals surface area contributed by atoms with Gasteiger partial charge in [0.1, 0.15) is 0 Å². The van der Waals surface area contributed by atoms with Crippen LogP contribution in [0.2, 0.25) is 0 Å². The van der Waals surface area contributed by atoms with Gasteiger partial charge in [-0.15, -0.1) is 11.3 Å². The summed E-state index contributed by atoms with van der Waals surface area (Å²) in [5.74, 6) is 0.447. The van der Waals surface area contributed by atoms with Gasteiger partial charge >= 0.3 is 0 Å². The Morgan fingerprint density at radius 1 is 1.00 bits per heavy atom. The smallest absolute Gasteiger partial charge is 0.262 e. The van der Waals surface area contributed by atoms with Crippen molar-refractivity contribution in [2.45, 2.75) is 24.4 Å². The Hall–Kier alpha value is -3.23. The van der Waals surface area contributed by atoms with Crippen molar-refractivity contribution >= 4 is 39.0 Å². The summed E-state index contributed by atoms with van der Waals surface area (Å²) in [6, 6.07) is 18.8. The Balaban J connectivity index is 1.55. The van der Waals surface area contributed by atoms with Gasteiger partial charge in [-0.05, 0) is 24.6 Å². The van der Waals surface area contributed by atoms with Gasteiger partial charge in [0, 0.05) is 22.9 Å². The van der Waals surface area contributed by atoms with Crippen LogP contribution in [0.3, 0.4) is 0 Å². The second kappa shape index (κ2) is 8.13. The minimum absolute atomic E-state index is 0.0747. The molecule has 2 aromatic carbocycles.